The fourth-order valence-electron chi connectivity index (χ4n) is 2.66. The fraction of sp³-hybridized carbons (Fsp3) is 0.400. The van der Waals surface area contributed by atoms with Gasteiger partial charge in [-0.15, -0.1) is 0 Å². The lowest BCUT2D eigenvalue weighted by Gasteiger charge is -2.30. The average Bonchev–Trinajstić information content (AvgIpc) is 2.88. The second kappa shape index (κ2) is 5.55. The van der Waals surface area contributed by atoms with Crippen LogP contribution in [0.15, 0.2) is 42.7 Å². The van der Waals surface area contributed by atoms with Gasteiger partial charge in [-0.2, -0.15) is 5.10 Å². The Kier molecular flexibility index (Phi) is 3.62. The van der Waals surface area contributed by atoms with Crippen LogP contribution in [0.25, 0.3) is 5.69 Å². The monoisotopic (exact) mass is 256 g/mol. The molecule has 1 fully saturated rings. The molecule has 3 rings (SSSR count). The Morgan fingerprint density at radius 2 is 2.11 bits per heavy atom. The molecule has 2 N–H and O–H groups in total. The zero-order valence-electron chi connectivity index (χ0n) is 11.1. The van der Waals surface area contributed by atoms with Crippen LogP contribution in [-0.2, 0) is 6.54 Å². The fourth-order valence-corrected chi connectivity index (χ4v) is 2.66. The van der Waals surface area contributed by atoms with E-state index < -0.39 is 0 Å². The molecule has 4 heteroatoms. The van der Waals surface area contributed by atoms with Crippen LogP contribution in [0.2, 0.25) is 0 Å². The summed E-state index contributed by atoms with van der Waals surface area (Å²) in [4.78, 5) is 2.42. The first kappa shape index (κ1) is 12.4. The van der Waals surface area contributed by atoms with Crippen LogP contribution in [-0.4, -0.2) is 33.8 Å². The Morgan fingerprint density at radius 1 is 1.26 bits per heavy atom. The molecule has 0 spiro atoms. The lowest BCUT2D eigenvalue weighted by molar-refractivity contribution is 0.201. The van der Waals surface area contributed by atoms with E-state index in [1.165, 1.54) is 12.0 Å². The van der Waals surface area contributed by atoms with Crippen LogP contribution < -0.4 is 5.73 Å². The Hall–Kier alpha value is -1.65. The first-order valence-electron chi connectivity index (χ1n) is 6.88. The Bertz CT molecular complexity index is 520. The number of hydrogen-bond acceptors (Lipinski definition) is 3. The van der Waals surface area contributed by atoms with Gasteiger partial charge in [-0.3, -0.25) is 4.90 Å². The molecule has 1 aliphatic rings. The van der Waals surface area contributed by atoms with Gasteiger partial charge in [-0.25, -0.2) is 4.68 Å². The van der Waals surface area contributed by atoms with Crippen molar-refractivity contribution in [2.24, 2.45) is 5.73 Å². The Labute approximate surface area is 113 Å². The lowest BCUT2D eigenvalue weighted by Crippen LogP contribution is -2.42. The highest BCUT2D eigenvalue weighted by Crippen LogP contribution is 2.13. The molecular weight excluding hydrogens is 236 g/mol. The van der Waals surface area contributed by atoms with Crippen molar-refractivity contribution in [2.75, 3.05) is 13.1 Å². The van der Waals surface area contributed by atoms with Crippen LogP contribution in [0, 0.1) is 0 Å². The quantitative estimate of drug-likeness (QED) is 0.911. The summed E-state index contributed by atoms with van der Waals surface area (Å²) in [5, 5.41) is 4.43. The molecule has 100 valence electrons. The third-order valence-electron chi connectivity index (χ3n) is 3.60. The largest absolute Gasteiger partial charge is 0.327 e. The molecule has 4 nitrogen and oxygen atoms in total. The summed E-state index contributed by atoms with van der Waals surface area (Å²) < 4.78 is 1.93. The molecule has 0 bridgehead atoms. The van der Waals surface area contributed by atoms with Crippen molar-refractivity contribution in [1.29, 1.82) is 0 Å². The molecule has 0 aliphatic carbocycles. The van der Waals surface area contributed by atoms with Crippen molar-refractivity contribution >= 4 is 0 Å². The lowest BCUT2D eigenvalue weighted by atomic mass is 10.1. The molecule has 1 atom stereocenters. The van der Waals surface area contributed by atoms with E-state index in [0.29, 0.717) is 6.04 Å². The summed E-state index contributed by atoms with van der Waals surface area (Å²) in [5.41, 5.74) is 8.36. The number of likely N-dealkylation sites (tertiary alicyclic amines) is 1. The van der Waals surface area contributed by atoms with Gasteiger partial charge in [-0.05, 0) is 31.5 Å². The topological polar surface area (TPSA) is 47.1 Å². The van der Waals surface area contributed by atoms with Gasteiger partial charge >= 0.3 is 0 Å². The number of aromatic nitrogens is 2. The second-order valence-electron chi connectivity index (χ2n) is 5.27. The summed E-state index contributed by atoms with van der Waals surface area (Å²) in [6.07, 6.45) is 6.41. The summed E-state index contributed by atoms with van der Waals surface area (Å²) in [6, 6.07) is 10.5. The summed E-state index contributed by atoms with van der Waals surface area (Å²) in [6.45, 7) is 3.08. The summed E-state index contributed by atoms with van der Waals surface area (Å²) in [7, 11) is 0. The van der Waals surface area contributed by atoms with E-state index in [-0.39, 0.29) is 0 Å². The van der Waals surface area contributed by atoms with Crippen molar-refractivity contribution in [3.8, 4) is 5.69 Å². The third kappa shape index (κ3) is 3.03. The van der Waals surface area contributed by atoms with Crippen LogP contribution in [0.5, 0.6) is 0 Å². The van der Waals surface area contributed by atoms with Gasteiger partial charge in [0.15, 0.2) is 0 Å². The van der Waals surface area contributed by atoms with Gasteiger partial charge < -0.3 is 5.73 Å². The summed E-state index contributed by atoms with van der Waals surface area (Å²) in [5.74, 6) is 0. The number of hydrogen-bond donors (Lipinski definition) is 1. The van der Waals surface area contributed by atoms with Crippen molar-refractivity contribution in [1.82, 2.24) is 14.7 Å². The minimum Gasteiger partial charge on any atom is -0.327 e. The number of rotatable bonds is 3. The van der Waals surface area contributed by atoms with Crippen molar-refractivity contribution in [3.63, 3.8) is 0 Å². The molecule has 0 radical (unpaired) electrons. The molecule has 1 aromatic heterocycles. The minimum atomic E-state index is 0.331. The van der Waals surface area contributed by atoms with Crippen LogP contribution in [0.1, 0.15) is 18.4 Å². The molecule has 0 amide bonds. The maximum atomic E-state index is 6.01. The molecule has 1 aromatic carbocycles. The van der Waals surface area contributed by atoms with Gasteiger partial charge in [-0.1, -0.05) is 18.2 Å². The van der Waals surface area contributed by atoms with Crippen molar-refractivity contribution in [3.05, 3.63) is 48.3 Å². The maximum absolute atomic E-state index is 6.01. The molecule has 1 unspecified atom stereocenters. The van der Waals surface area contributed by atoms with E-state index in [9.17, 15) is 0 Å². The SMILES string of the molecule is NC1CCCN(Cc2cnn(-c3ccccc3)c2)C1. The molecular formula is C15H20N4. The van der Waals surface area contributed by atoms with E-state index in [2.05, 4.69) is 28.3 Å². The molecule has 19 heavy (non-hydrogen) atoms. The first-order chi connectivity index (χ1) is 9.31. The predicted molar refractivity (Wildman–Crippen MR) is 76.1 cm³/mol. The van der Waals surface area contributed by atoms with E-state index >= 15 is 0 Å². The van der Waals surface area contributed by atoms with Gasteiger partial charge in [0.1, 0.15) is 0 Å². The van der Waals surface area contributed by atoms with E-state index in [4.69, 9.17) is 5.73 Å². The molecule has 1 aliphatic heterocycles. The van der Waals surface area contributed by atoms with Gasteiger partial charge in [0, 0.05) is 30.9 Å². The van der Waals surface area contributed by atoms with Crippen LogP contribution in [0.4, 0.5) is 0 Å². The molecule has 2 heterocycles. The highest BCUT2D eigenvalue weighted by molar-refractivity contribution is 5.30. The van der Waals surface area contributed by atoms with Gasteiger partial charge in [0.25, 0.3) is 0 Å². The van der Waals surface area contributed by atoms with Crippen LogP contribution >= 0.6 is 0 Å². The van der Waals surface area contributed by atoms with Gasteiger partial charge in [0.05, 0.1) is 11.9 Å². The second-order valence-corrected chi connectivity index (χ2v) is 5.27. The zero-order chi connectivity index (χ0) is 13.1. The first-order valence-corrected chi connectivity index (χ1v) is 6.88. The maximum Gasteiger partial charge on any atom is 0.0645 e. The van der Waals surface area contributed by atoms with Crippen molar-refractivity contribution < 1.29 is 0 Å². The van der Waals surface area contributed by atoms with Crippen LogP contribution in [0.3, 0.4) is 0 Å². The van der Waals surface area contributed by atoms with Crippen molar-refractivity contribution in [2.45, 2.75) is 25.4 Å². The minimum absolute atomic E-state index is 0.331. The molecule has 2 aromatic rings. The number of nitrogens with two attached hydrogens (primary N) is 1. The normalized spacial score (nSPS) is 20.6. The zero-order valence-corrected chi connectivity index (χ0v) is 11.1. The van der Waals surface area contributed by atoms with E-state index in [1.54, 1.807) is 0 Å². The third-order valence-corrected chi connectivity index (χ3v) is 3.60. The highest BCUT2D eigenvalue weighted by Gasteiger charge is 2.17. The average molecular weight is 256 g/mol. The number of para-hydroxylation sites is 1. The van der Waals surface area contributed by atoms with Gasteiger partial charge in [0.2, 0.25) is 0 Å². The van der Waals surface area contributed by atoms with E-state index in [0.717, 1.165) is 31.7 Å². The Morgan fingerprint density at radius 3 is 2.89 bits per heavy atom. The molecule has 1 saturated heterocycles. The molecule has 0 saturated carbocycles. The number of benzene rings is 1. The number of nitrogens with zero attached hydrogens (tertiary/aromatic N) is 3. The Balaban J connectivity index is 1.68. The smallest absolute Gasteiger partial charge is 0.0645 e. The number of piperidine rings is 1. The van der Waals surface area contributed by atoms with E-state index in [1.807, 2.05) is 29.1 Å². The predicted octanol–water partition coefficient (Wildman–Crippen LogP) is 1.80. The summed E-state index contributed by atoms with van der Waals surface area (Å²) >= 11 is 0. The highest BCUT2D eigenvalue weighted by atomic mass is 15.3. The standard InChI is InChI=1S/C15H20N4/c16-14-5-4-8-18(12-14)10-13-9-17-19(11-13)15-6-2-1-3-7-15/h1-3,6-7,9,11,14H,4-5,8,10,12,16H2.